The summed E-state index contributed by atoms with van der Waals surface area (Å²) in [5, 5.41) is 2.90. The largest absolute Gasteiger partial charge is 0.462 e. The van der Waals surface area contributed by atoms with Gasteiger partial charge in [-0.25, -0.2) is 9.59 Å². The lowest BCUT2D eigenvalue weighted by Gasteiger charge is -2.31. The van der Waals surface area contributed by atoms with Gasteiger partial charge in [-0.1, -0.05) is 30.3 Å². The van der Waals surface area contributed by atoms with Gasteiger partial charge in [0.05, 0.1) is 31.9 Å². The van der Waals surface area contributed by atoms with Gasteiger partial charge in [-0.3, -0.25) is 9.69 Å². The zero-order valence-corrected chi connectivity index (χ0v) is 24.5. The summed E-state index contributed by atoms with van der Waals surface area (Å²) in [6.45, 7) is 8.86. The molecule has 41 heavy (non-hydrogen) atoms. The van der Waals surface area contributed by atoms with Gasteiger partial charge in [0.15, 0.2) is 0 Å². The zero-order valence-electron chi connectivity index (χ0n) is 23.7. The van der Waals surface area contributed by atoms with E-state index in [9.17, 15) is 14.4 Å². The molecular weight excluding hydrogens is 540 g/mol. The molecule has 3 aromatic rings. The molecule has 0 saturated carbocycles. The molecule has 0 radical (unpaired) electrons. The van der Waals surface area contributed by atoms with E-state index in [1.807, 2.05) is 41.3 Å². The van der Waals surface area contributed by atoms with Gasteiger partial charge < -0.3 is 24.6 Å². The summed E-state index contributed by atoms with van der Waals surface area (Å²) in [5.41, 5.74) is 1.96. The molecule has 0 unspecified atom stereocenters. The topological polar surface area (TPSA) is 91.4 Å². The van der Waals surface area contributed by atoms with Gasteiger partial charge in [0.1, 0.15) is 6.54 Å². The molecule has 218 valence electrons. The maximum Gasteiger partial charge on any atom is 0.338 e. The molecule has 10 heteroatoms. The smallest absolute Gasteiger partial charge is 0.338 e. The highest BCUT2D eigenvalue weighted by Gasteiger charge is 2.24. The van der Waals surface area contributed by atoms with Gasteiger partial charge in [-0.2, -0.15) is 0 Å². The van der Waals surface area contributed by atoms with Gasteiger partial charge in [-0.15, -0.1) is 11.3 Å². The van der Waals surface area contributed by atoms with Crippen LogP contribution < -0.4 is 5.32 Å². The first-order chi connectivity index (χ1) is 19.9. The molecule has 0 atom stereocenters. The number of rotatable bonds is 12. The van der Waals surface area contributed by atoms with Crippen LogP contribution >= 0.6 is 11.3 Å². The highest BCUT2D eigenvalue weighted by atomic mass is 32.1. The van der Waals surface area contributed by atoms with Crippen LogP contribution in [0.2, 0.25) is 0 Å². The molecule has 9 nitrogen and oxygen atoms in total. The summed E-state index contributed by atoms with van der Waals surface area (Å²) in [4.78, 5) is 47.2. The van der Waals surface area contributed by atoms with E-state index in [1.54, 1.807) is 47.4 Å². The molecule has 2 heterocycles. The molecule has 1 aromatic heterocycles. The lowest BCUT2D eigenvalue weighted by atomic mass is 10.2. The van der Waals surface area contributed by atoms with Gasteiger partial charge in [-0.05, 0) is 55.8 Å². The second kappa shape index (κ2) is 15.3. The van der Waals surface area contributed by atoms with E-state index in [4.69, 9.17) is 9.47 Å². The lowest BCUT2D eigenvalue weighted by Crippen LogP contribution is -2.48. The molecule has 1 fully saturated rings. The summed E-state index contributed by atoms with van der Waals surface area (Å²) in [7, 11) is 0. The predicted octanol–water partition coefficient (Wildman–Crippen LogP) is 4.63. The molecule has 1 N–H and O–H groups in total. The molecule has 1 aliphatic rings. The molecule has 3 amide bonds. The number of carbonyl (C=O) groups is 3. The number of anilines is 1. The molecule has 1 aliphatic heterocycles. The number of benzene rings is 2. The maximum absolute atomic E-state index is 13.8. The highest BCUT2D eigenvalue weighted by molar-refractivity contribution is 7.11. The van der Waals surface area contributed by atoms with Crippen LogP contribution in [0.25, 0.3) is 0 Å². The van der Waals surface area contributed by atoms with E-state index < -0.39 is 5.97 Å². The zero-order chi connectivity index (χ0) is 29.0. The first-order valence-electron chi connectivity index (χ1n) is 13.9. The normalized spacial score (nSPS) is 13.4. The van der Waals surface area contributed by atoms with Crippen molar-refractivity contribution in [3.63, 3.8) is 0 Å². The number of nitrogens with one attached hydrogen (secondary N) is 1. The summed E-state index contributed by atoms with van der Waals surface area (Å²) in [6, 6.07) is 20.2. The number of morpholine rings is 1. The Morgan fingerprint density at radius 3 is 2.34 bits per heavy atom. The van der Waals surface area contributed by atoms with Crippen LogP contribution in [-0.4, -0.2) is 85.2 Å². The molecule has 0 spiro atoms. The molecule has 0 aliphatic carbocycles. The monoisotopic (exact) mass is 578 g/mol. The minimum absolute atomic E-state index is 0.0612. The van der Waals surface area contributed by atoms with E-state index in [0.717, 1.165) is 23.5 Å². The summed E-state index contributed by atoms with van der Waals surface area (Å²) >= 11 is 1.67. The van der Waals surface area contributed by atoms with Crippen LogP contribution in [0, 0.1) is 6.92 Å². The number of ether oxygens (including phenoxy) is 2. The summed E-state index contributed by atoms with van der Waals surface area (Å²) < 4.78 is 10.5. The van der Waals surface area contributed by atoms with E-state index >= 15 is 0 Å². The fraction of sp³-hybridized carbons (Fsp3) is 0.387. The van der Waals surface area contributed by atoms with Crippen molar-refractivity contribution in [1.29, 1.82) is 0 Å². The minimum atomic E-state index is -0.414. The fourth-order valence-corrected chi connectivity index (χ4v) is 5.41. The highest BCUT2D eigenvalue weighted by Crippen LogP contribution is 2.19. The van der Waals surface area contributed by atoms with E-state index in [0.29, 0.717) is 50.6 Å². The van der Waals surface area contributed by atoms with Gasteiger partial charge in [0.2, 0.25) is 5.91 Å². The summed E-state index contributed by atoms with van der Waals surface area (Å²) in [5.74, 6) is -0.544. The van der Waals surface area contributed by atoms with Crippen molar-refractivity contribution in [1.82, 2.24) is 14.7 Å². The van der Waals surface area contributed by atoms with Crippen molar-refractivity contribution < 1.29 is 23.9 Å². The summed E-state index contributed by atoms with van der Waals surface area (Å²) in [6.07, 6.45) is 0. The molecular formula is C31H38N4O5S. The quantitative estimate of drug-likeness (QED) is 0.315. The van der Waals surface area contributed by atoms with Crippen LogP contribution in [0.4, 0.5) is 10.5 Å². The number of nitrogens with zero attached hydrogens (tertiary/aromatic N) is 3. The maximum atomic E-state index is 13.8. The van der Waals surface area contributed by atoms with E-state index in [1.165, 1.54) is 4.88 Å². The van der Waals surface area contributed by atoms with Crippen molar-refractivity contribution in [3.05, 3.63) is 87.6 Å². The van der Waals surface area contributed by atoms with E-state index in [-0.39, 0.29) is 25.1 Å². The Balaban J connectivity index is 1.48. The number of aryl methyl sites for hydroxylation is 1. The van der Waals surface area contributed by atoms with Crippen molar-refractivity contribution in [3.8, 4) is 0 Å². The van der Waals surface area contributed by atoms with Gasteiger partial charge >= 0.3 is 12.0 Å². The Labute approximate surface area is 245 Å². The Morgan fingerprint density at radius 2 is 1.68 bits per heavy atom. The third-order valence-corrected chi connectivity index (χ3v) is 7.75. The molecule has 4 rings (SSSR count). The number of urea groups is 1. The van der Waals surface area contributed by atoms with Crippen LogP contribution in [0.1, 0.15) is 32.6 Å². The number of amides is 3. The number of carbonyl (C=O) groups excluding carboxylic acids is 3. The number of thiophene rings is 1. The second-order valence-electron chi connectivity index (χ2n) is 9.85. The third-order valence-electron chi connectivity index (χ3n) is 6.76. The second-order valence-corrected chi connectivity index (χ2v) is 11.2. The van der Waals surface area contributed by atoms with Crippen LogP contribution in [0.15, 0.2) is 66.7 Å². The molecule has 0 bridgehead atoms. The van der Waals surface area contributed by atoms with E-state index in [2.05, 4.69) is 23.2 Å². The Morgan fingerprint density at radius 1 is 0.951 bits per heavy atom. The average Bonchev–Trinajstić information content (AvgIpc) is 3.40. The third kappa shape index (κ3) is 9.41. The number of hydrogen-bond donors (Lipinski definition) is 1. The minimum Gasteiger partial charge on any atom is -0.462 e. The van der Waals surface area contributed by atoms with Crippen LogP contribution in [0.3, 0.4) is 0 Å². The van der Waals surface area contributed by atoms with Crippen molar-refractivity contribution in [2.45, 2.75) is 26.9 Å². The van der Waals surface area contributed by atoms with Crippen molar-refractivity contribution in [2.24, 2.45) is 0 Å². The Hall–Kier alpha value is -3.73. The van der Waals surface area contributed by atoms with Crippen LogP contribution in [0.5, 0.6) is 0 Å². The number of esters is 1. The average molecular weight is 579 g/mol. The van der Waals surface area contributed by atoms with Gasteiger partial charge in [0.25, 0.3) is 0 Å². The number of hydrogen-bond acceptors (Lipinski definition) is 7. The first kappa shape index (κ1) is 30.2. The van der Waals surface area contributed by atoms with Crippen LogP contribution in [-0.2, 0) is 27.4 Å². The van der Waals surface area contributed by atoms with Crippen molar-refractivity contribution >= 4 is 34.9 Å². The molecule has 1 saturated heterocycles. The predicted molar refractivity (Wildman–Crippen MR) is 160 cm³/mol. The standard InChI is InChI=1S/C31H38N4O5S/c1-3-40-30(37)26-10-12-27(13-11-26)32-31(38)34(16-15-33-17-19-39-20-18-33)23-29(36)35(21-25-7-5-4-6-8-25)22-28-14-9-24(2)41-28/h4-14H,3,15-23H2,1-2H3,(H,32,38). The Bertz CT molecular complexity index is 1280. The lowest BCUT2D eigenvalue weighted by molar-refractivity contribution is -0.133. The van der Waals surface area contributed by atoms with Crippen molar-refractivity contribution in [2.75, 3.05) is 57.9 Å². The Kier molecular flexibility index (Phi) is 11.3. The molecule has 2 aromatic carbocycles. The first-order valence-corrected chi connectivity index (χ1v) is 14.7. The fourth-order valence-electron chi connectivity index (χ4n) is 4.50. The SMILES string of the molecule is CCOC(=O)c1ccc(NC(=O)N(CCN2CCOCC2)CC(=O)N(Cc2ccccc2)Cc2ccc(C)s2)cc1. The van der Waals surface area contributed by atoms with Gasteiger partial charge in [0, 0.05) is 48.2 Å².